The predicted molar refractivity (Wildman–Crippen MR) is 70.9 cm³/mol. The Bertz CT molecular complexity index is 585. The van der Waals surface area contributed by atoms with Crippen LogP contribution >= 0.6 is 11.6 Å². The van der Waals surface area contributed by atoms with Crippen LogP contribution in [0, 0.1) is 0 Å². The van der Waals surface area contributed by atoms with Crippen LogP contribution in [0.5, 0.6) is 5.88 Å². The van der Waals surface area contributed by atoms with E-state index in [4.69, 9.17) is 32.3 Å². The van der Waals surface area contributed by atoms with Gasteiger partial charge in [-0.1, -0.05) is 11.6 Å². The van der Waals surface area contributed by atoms with Gasteiger partial charge in [-0.2, -0.15) is 0 Å². The quantitative estimate of drug-likeness (QED) is 0.835. The topological polar surface area (TPSA) is 104 Å². The normalized spacial score (nSPS) is 12.5. The van der Waals surface area contributed by atoms with Crippen LogP contribution in [0.15, 0.2) is 22.7 Å². The number of amides is 1. The average Bonchev–Trinajstić information content (AvgIpc) is 2.76. The summed E-state index contributed by atoms with van der Waals surface area (Å²) in [5.41, 5.74) is 11.4. The van der Waals surface area contributed by atoms with Crippen LogP contribution in [0.2, 0.25) is 5.02 Å². The van der Waals surface area contributed by atoms with E-state index in [0.717, 1.165) is 0 Å². The molecule has 1 atom stereocenters. The minimum Gasteiger partial charge on any atom is -0.473 e. The minimum absolute atomic E-state index is 0.224. The maximum absolute atomic E-state index is 10.6. The molecule has 1 unspecified atom stereocenters. The van der Waals surface area contributed by atoms with Crippen LogP contribution in [0.25, 0.3) is 11.0 Å². The largest absolute Gasteiger partial charge is 0.473 e. The number of primary amides is 1. The number of hydrogen-bond acceptors (Lipinski definition) is 5. The number of carbonyl (C=O) groups is 1. The SMILES string of the molecule is NC(=O)CCC(N)COc1noc2ccc(Cl)cc12. The summed E-state index contributed by atoms with van der Waals surface area (Å²) >= 11 is 5.89. The van der Waals surface area contributed by atoms with E-state index in [0.29, 0.717) is 28.3 Å². The monoisotopic (exact) mass is 283 g/mol. The molecule has 0 saturated heterocycles. The summed E-state index contributed by atoms with van der Waals surface area (Å²) in [7, 11) is 0. The number of rotatable bonds is 6. The molecule has 0 aliphatic heterocycles. The molecule has 6 nitrogen and oxygen atoms in total. The highest BCUT2D eigenvalue weighted by molar-refractivity contribution is 6.31. The number of aromatic nitrogens is 1. The summed E-state index contributed by atoms with van der Waals surface area (Å²) < 4.78 is 10.6. The van der Waals surface area contributed by atoms with Gasteiger partial charge in [0.1, 0.15) is 6.61 Å². The Balaban J connectivity index is 1.98. The number of hydrogen-bond donors (Lipinski definition) is 2. The third kappa shape index (κ3) is 3.59. The summed E-state index contributed by atoms with van der Waals surface area (Å²) in [6.45, 7) is 0.224. The molecule has 1 aromatic carbocycles. The summed E-state index contributed by atoms with van der Waals surface area (Å²) in [6.07, 6.45) is 0.696. The number of carbonyl (C=O) groups excluding carboxylic acids is 1. The van der Waals surface area contributed by atoms with E-state index in [2.05, 4.69) is 5.16 Å². The molecular formula is C12H14ClN3O3. The van der Waals surface area contributed by atoms with Crippen molar-refractivity contribution >= 4 is 28.5 Å². The lowest BCUT2D eigenvalue weighted by Crippen LogP contribution is -2.29. The number of fused-ring (bicyclic) bond motifs is 1. The molecule has 0 fully saturated rings. The molecule has 19 heavy (non-hydrogen) atoms. The maximum Gasteiger partial charge on any atom is 0.262 e. The molecule has 7 heteroatoms. The number of ether oxygens (including phenoxy) is 1. The van der Waals surface area contributed by atoms with E-state index in [1.807, 2.05) is 0 Å². The molecule has 1 aromatic heterocycles. The fourth-order valence-corrected chi connectivity index (χ4v) is 1.76. The Morgan fingerprint density at radius 1 is 1.53 bits per heavy atom. The van der Waals surface area contributed by atoms with Crippen molar-refractivity contribution < 1.29 is 14.1 Å². The third-order valence-corrected chi connectivity index (χ3v) is 2.83. The van der Waals surface area contributed by atoms with Gasteiger partial charge in [0.2, 0.25) is 5.91 Å². The summed E-state index contributed by atoms with van der Waals surface area (Å²) in [6, 6.07) is 4.83. The van der Waals surface area contributed by atoms with Crippen LogP contribution in [-0.2, 0) is 4.79 Å². The zero-order valence-corrected chi connectivity index (χ0v) is 10.9. The number of nitrogens with two attached hydrogens (primary N) is 2. The molecule has 2 aromatic rings. The van der Waals surface area contributed by atoms with Crippen molar-refractivity contribution in [2.75, 3.05) is 6.61 Å². The van der Waals surface area contributed by atoms with Crippen molar-refractivity contribution in [1.29, 1.82) is 0 Å². The minimum atomic E-state index is -0.380. The Morgan fingerprint density at radius 2 is 2.32 bits per heavy atom. The molecule has 0 bridgehead atoms. The zero-order chi connectivity index (χ0) is 13.8. The van der Waals surface area contributed by atoms with E-state index >= 15 is 0 Å². The number of benzene rings is 1. The van der Waals surface area contributed by atoms with Crippen molar-refractivity contribution in [2.24, 2.45) is 11.5 Å². The lowest BCUT2D eigenvalue weighted by Gasteiger charge is -2.10. The molecule has 4 N–H and O–H groups in total. The number of nitrogens with zero attached hydrogens (tertiary/aromatic N) is 1. The van der Waals surface area contributed by atoms with Crippen molar-refractivity contribution in [3.8, 4) is 5.88 Å². The molecule has 102 valence electrons. The fourth-order valence-electron chi connectivity index (χ4n) is 1.59. The second-order valence-corrected chi connectivity index (χ2v) is 4.64. The second kappa shape index (κ2) is 5.90. The Labute approximate surface area is 114 Å². The first-order chi connectivity index (χ1) is 9.06. The van der Waals surface area contributed by atoms with Gasteiger partial charge in [0.25, 0.3) is 5.88 Å². The van der Waals surface area contributed by atoms with Crippen molar-refractivity contribution in [2.45, 2.75) is 18.9 Å². The second-order valence-electron chi connectivity index (χ2n) is 4.20. The van der Waals surface area contributed by atoms with Crippen LogP contribution in [0.4, 0.5) is 0 Å². The van der Waals surface area contributed by atoms with Gasteiger partial charge in [0.15, 0.2) is 5.58 Å². The Hall–Kier alpha value is -1.79. The van der Waals surface area contributed by atoms with Crippen molar-refractivity contribution in [3.63, 3.8) is 0 Å². The molecular weight excluding hydrogens is 270 g/mol. The molecule has 2 rings (SSSR count). The van der Waals surface area contributed by atoms with E-state index in [9.17, 15) is 4.79 Å². The van der Waals surface area contributed by atoms with Crippen LogP contribution in [0.3, 0.4) is 0 Å². The Kier molecular flexibility index (Phi) is 4.24. The van der Waals surface area contributed by atoms with Gasteiger partial charge < -0.3 is 20.7 Å². The predicted octanol–water partition coefficient (Wildman–Crippen LogP) is 1.45. The third-order valence-electron chi connectivity index (χ3n) is 2.59. The van der Waals surface area contributed by atoms with Gasteiger partial charge in [-0.3, -0.25) is 4.79 Å². The van der Waals surface area contributed by atoms with E-state index in [-0.39, 0.29) is 25.0 Å². The van der Waals surface area contributed by atoms with Gasteiger partial charge >= 0.3 is 0 Å². The standard InChI is InChI=1S/C12H14ClN3O3/c13-7-1-3-10-9(5-7)12(16-19-10)18-6-8(14)2-4-11(15)17/h1,3,5,8H,2,4,6,14H2,(H2,15,17). The highest BCUT2D eigenvalue weighted by atomic mass is 35.5. The molecule has 0 radical (unpaired) electrons. The highest BCUT2D eigenvalue weighted by Gasteiger charge is 2.12. The molecule has 0 spiro atoms. The molecule has 0 aliphatic rings. The van der Waals surface area contributed by atoms with Gasteiger partial charge in [0.05, 0.1) is 5.39 Å². The lowest BCUT2D eigenvalue weighted by atomic mass is 10.2. The first-order valence-electron chi connectivity index (χ1n) is 5.78. The van der Waals surface area contributed by atoms with Crippen molar-refractivity contribution in [1.82, 2.24) is 5.16 Å². The molecule has 0 aliphatic carbocycles. The summed E-state index contributed by atoms with van der Waals surface area (Å²) in [5, 5.41) is 5.06. The number of halogens is 1. The van der Waals surface area contributed by atoms with E-state index in [1.54, 1.807) is 18.2 Å². The van der Waals surface area contributed by atoms with Crippen molar-refractivity contribution in [3.05, 3.63) is 23.2 Å². The van der Waals surface area contributed by atoms with Crippen LogP contribution in [-0.4, -0.2) is 23.7 Å². The molecule has 1 heterocycles. The van der Waals surface area contributed by atoms with Gasteiger partial charge in [0, 0.05) is 17.5 Å². The average molecular weight is 284 g/mol. The first-order valence-corrected chi connectivity index (χ1v) is 6.15. The van der Waals surface area contributed by atoms with Gasteiger partial charge in [-0.25, -0.2) is 0 Å². The molecule has 0 saturated carbocycles. The van der Waals surface area contributed by atoms with Gasteiger partial charge in [-0.15, -0.1) is 0 Å². The first kappa shape index (κ1) is 13.6. The Morgan fingerprint density at radius 3 is 3.05 bits per heavy atom. The van der Waals surface area contributed by atoms with E-state index in [1.165, 1.54) is 0 Å². The van der Waals surface area contributed by atoms with Crippen LogP contribution in [0.1, 0.15) is 12.8 Å². The summed E-state index contributed by atoms with van der Waals surface area (Å²) in [4.78, 5) is 10.6. The van der Waals surface area contributed by atoms with Crippen LogP contribution < -0.4 is 16.2 Å². The fraction of sp³-hybridized carbons (Fsp3) is 0.333. The smallest absolute Gasteiger partial charge is 0.262 e. The molecule has 1 amide bonds. The van der Waals surface area contributed by atoms with E-state index < -0.39 is 0 Å². The zero-order valence-electron chi connectivity index (χ0n) is 10.1. The van der Waals surface area contributed by atoms with Gasteiger partial charge in [-0.05, 0) is 29.8 Å². The summed E-state index contributed by atoms with van der Waals surface area (Å²) in [5.74, 6) is -0.0406. The lowest BCUT2D eigenvalue weighted by molar-refractivity contribution is -0.118. The maximum atomic E-state index is 10.6. The highest BCUT2D eigenvalue weighted by Crippen LogP contribution is 2.27.